The Kier molecular flexibility index (Phi) is 6.11. The van der Waals surface area contributed by atoms with E-state index in [1.807, 2.05) is 24.3 Å². The first-order valence-electron chi connectivity index (χ1n) is 9.65. The van der Waals surface area contributed by atoms with Crippen LogP contribution in [-0.4, -0.2) is 16.9 Å². The van der Waals surface area contributed by atoms with Gasteiger partial charge in [-0.25, -0.2) is 14.2 Å². The zero-order valence-corrected chi connectivity index (χ0v) is 18.6. The third kappa shape index (κ3) is 4.50. The molecule has 4 aromatic rings. The van der Waals surface area contributed by atoms with Crippen LogP contribution in [0.3, 0.4) is 0 Å². The predicted molar refractivity (Wildman–Crippen MR) is 122 cm³/mol. The van der Waals surface area contributed by atoms with Crippen LogP contribution < -0.4 is 4.90 Å². The molecule has 0 aliphatic rings. The molecular weight excluding hydrogens is 435 g/mol. The first-order valence-corrected chi connectivity index (χ1v) is 11.3. The fourth-order valence-electron chi connectivity index (χ4n) is 3.11. The van der Waals surface area contributed by atoms with E-state index in [0.717, 1.165) is 12.1 Å². The van der Waals surface area contributed by atoms with Gasteiger partial charge in [0.25, 0.3) is 0 Å². The van der Waals surface area contributed by atoms with E-state index in [0.29, 0.717) is 25.8 Å². The van der Waals surface area contributed by atoms with Crippen LogP contribution in [-0.2, 0) is 22.6 Å². The second-order valence-electron chi connectivity index (χ2n) is 6.83. The SMILES string of the molecule is CCc1ccc(N(C(C)=O)c2nc(COC(=O)c3cc4c(F)cccc4s3)cs2)cc1. The number of nitrogens with zero attached hydrogens (tertiary/aromatic N) is 2. The van der Waals surface area contributed by atoms with Crippen LogP contribution in [0.15, 0.2) is 53.9 Å². The van der Waals surface area contributed by atoms with Crippen LogP contribution in [0, 0.1) is 5.82 Å². The Morgan fingerprint density at radius 1 is 1.16 bits per heavy atom. The van der Waals surface area contributed by atoms with Crippen molar-refractivity contribution in [3.63, 3.8) is 0 Å². The van der Waals surface area contributed by atoms with Gasteiger partial charge in [0.2, 0.25) is 5.91 Å². The normalized spacial score (nSPS) is 10.9. The summed E-state index contributed by atoms with van der Waals surface area (Å²) in [6.07, 6.45) is 0.916. The monoisotopic (exact) mass is 454 g/mol. The Morgan fingerprint density at radius 2 is 1.94 bits per heavy atom. The summed E-state index contributed by atoms with van der Waals surface area (Å²) in [4.78, 5) is 31.0. The molecule has 2 heterocycles. The zero-order chi connectivity index (χ0) is 22.0. The lowest BCUT2D eigenvalue weighted by Gasteiger charge is -2.18. The van der Waals surface area contributed by atoms with Gasteiger partial charge in [0, 0.05) is 22.4 Å². The van der Waals surface area contributed by atoms with Crippen LogP contribution in [0.4, 0.5) is 15.2 Å². The molecule has 1 amide bonds. The van der Waals surface area contributed by atoms with Crippen molar-refractivity contribution in [3.05, 3.63) is 75.9 Å². The highest BCUT2D eigenvalue weighted by atomic mass is 32.1. The van der Waals surface area contributed by atoms with Gasteiger partial charge in [-0.15, -0.1) is 22.7 Å². The molecule has 0 N–H and O–H groups in total. The first-order chi connectivity index (χ1) is 15.0. The van der Waals surface area contributed by atoms with E-state index in [1.165, 1.54) is 52.2 Å². The van der Waals surface area contributed by atoms with Gasteiger partial charge in [-0.3, -0.25) is 9.69 Å². The number of hydrogen-bond acceptors (Lipinski definition) is 6. The molecule has 158 valence electrons. The molecule has 0 saturated heterocycles. The smallest absolute Gasteiger partial charge is 0.348 e. The lowest BCUT2D eigenvalue weighted by Crippen LogP contribution is -2.22. The van der Waals surface area contributed by atoms with Crippen LogP contribution in [0.1, 0.15) is 34.8 Å². The molecule has 2 aromatic carbocycles. The summed E-state index contributed by atoms with van der Waals surface area (Å²) in [5.74, 6) is -1.06. The molecule has 5 nitrogen and oxygen atoms in total. The van der Waals surface area contributed by atoms with Crippen molar-refractivity contribution in [3.8, 4) is 0 Å². The van der Waals surface area contributed by atoms with Gasteiger partial charge in [-0.1, -0.05) is 25.1 Å². The fraction of sp³-hybridized carbons (Fsp3) is 0.174. The second kappa shape index (κ2) is 8.95. The van der Waals surface area contributed by atoms with E-state index in [9.17, 15) is 14.0 Å². The van der Waals surface area contributed by atoms with Crippen molar-refractivity contribution in [2.75, 3.05) is 4.90 Å². The minimum absolute atomic E-state index is 0.0351. The third-order valence-corrected chi connectivity index (χ3v) is 6.66. The van der Waals surface area contributed by atoms with Crippen LogP contribution >= 0.6 is 22.7 Å². The minimum Gasteiger partial charge on any atom is -0.455 e. The number of aryl methyl sites for hydroxylation is 1. The van der Waals surface area contributed by atoms with Crippen LogP contribution in [0.2, 0.25) is 0 Å². The Morgan fingerprint density at radius 3 is 2.61 bits per heavy atom. The van der Waals surface area contributed by atoms with Crippen molar-refractivity contribution in [1.82, 2.24) is 4.98 Å². The average Bonchev–Trinajstić information content (AvgIpc) is 3.40. The maximum atomic E-state index is 13.9. The number of fused-ring (bicyclic) bond motifs is 1. The van der Waals surface area contributed by atoms with Gasteiger partial charge >= 0.3 is 5.97 Å². The molecule has 2 aromatic heterocycles. The lowest BCUT2D eigenvalue weighted by molar-refractivity contribution is -0.115. The largest absolute Gasteiger partial charge is 0.455 e. The Hall–Kier alpha value is -3.10. The molecule has 31 heavy (non-hydrogen) atoms. The van der Waals surface area contributed by atoms with Crippen LogP contribution in [0.25, 0.3) is 10.1 Å². The number of rotatable bonds is 6. The van der Waals surface area contributed by atoms with Gasteiger partial charge in [-0.05, 0) is 42.3 Å². The Balaban J connectivity index is 1.47. The molecule has 0 fully saturated rings. The van der Waals surface area contributed by atoms with Crippen molar-refractivity contribution < 1.29 is 18.7 Å². The third-order valence-electron chi connectivity index (χ3n) is 4.71. The van der Waals surface area contributed by atoms with Gasteiger partial charge in [-0.2, -0.15) is 0 Å². The number of ether oxygens (including phenoxy) is 1. The number of benzene rings is 2. The van der Waals surface area contributed by atoms with Crippen molar-refractivity contribution >= 4 is 55.5 Å². The van der Waals surface area contributed by atoms with Gasteiger partial charge < -0.3 is 4.74 Å². The summed E-state index contributed by atoms with van der Waals surface area (Å²) >= 11 is 2.48. The summed E-state index contributed by atoms with van der Waals surface area (Å²) in [5.41, 5.74) is 2.45. The van der Waals surface area contributed by atoms with Crippen molar-refractivity contribution in [1.29, 1.82) is 0 Å². The maximum absolute atomic E-state index is 13.9. The van der Waals surface area contributed by atoms with E-state index < -0.39 is 5.97 Å². The highest BCUT2D eigenvalue weighted by Crippen LogP contribution is 2.31. The maximum Gasteiger partial charge on any atom is 0.348 e. The molecule has 0 unspecified atom stereocenters. The molecular formula is C23H19FN2O3S2. The Labute approximate surface area is 186 Å². The summed E-state index contributed by atoms with van der Waals surface area (Å²) in [7, 11) is 0. The topological polar surface area (TPSA) is 59.5 Å². The van der Waals surface area contributed by atoms with E-state index >= 15 is 0 Å². The number of halogens is 1. The van der Waals surface area contributed by atoms with E-state index in [-0.39, 0.29) is 18.3 Å². The quantitative estimate of drug-likeness (QED) is 0.330. The first kappa shape index (κ1) is 21.1. The molecule has 8 heteroatoms. The summed E-state index contributed by atoms with van der Waals surface area (Å²) < 4.78 is 19.9. The molecule has 0 radical (unpaired) electrons. The molecule has 0 spiro atoms. The predicted octanol–water partition coefficient (Wildman–Crippen LogP) is 6.10. The summed E-state index contributed by atoms with van der Waals surface area (Å²) in [6.45, 7) is 3.52. The molecule has 0 atom stereocenters. The zero-order valence-electron chi connectivity index (χ0n) is 16.9. The van der Waals surface area contributed by atoms with Gasteiger partial charge in [0.15, 0.2) is 5.13 Å². The van der Waals surface area contributed by atoms with E-state index in [1.54, 1.807) is 17.5 Å². The highest BCUT2D eigenvalue weighted by Gasteiger charge is 2.19. The number of carbonyl (C=O) groups is 2. The summed E-state index contributed by atoms with van der Waals surface area (Å²) in [5, 5.41) is 2.66. The Bertz CT molecular complexity index is 1250. The number of thiazole rings is 1. The number of anilines is 2. The number of thiophene rings is 1. The second-order valence-corrected chi connectivity index (χ2v) is 8.75. The minimum atomic E-state index is -0.534. The van der Waals surface area contributed by atoms with E-state index in [4.69, 9.17) is 4.74 Å². The standard InChI is InChI=1S/C23H19FN2O3S2/c1-3-15-7-9-17(10-8-15)26(14(2)27)23-25-16(13-30-23)12-29-22(28)21-11-18-19(24)5-4-6-20(18)31-21/h4-11,13H,3,12H2,1-2H3. The highest BCUT2D eigenvalue weighted by molar-refractivity contribution is 7.20. The van der Waals surface area contributed by atoms with E-state index in [2.05, 4.69) is 11.9 Å². The number of hydrogen-bond donors (Lipinski definition) is 0. The molecule has 0 bridgehead atoms. The van der Waals surface area contributed by atoms with Crippen LogP contribution in [0.5, 0.6) is 0 Å². The summed E-state index contributed by atoms with van der Waals surface area (Å²) in [6, 6.07) is 14.0. The fourth-order valence-corrected chi connectivity index (χ4v) is 4.95. The lowest BCUT2D eigenvalue weighted by atomic mass is 10.1. The van der Waals surface area contributed by atoms with Gasteiger partial charge in [0.1, 0.15) is 17.3 Å². The molecule has 4 rings (SSSR count). The average molecular weight is 455 g/mol. The number of esters is 1. The van der Waals surface area contributed by atoms with Crippen molar-refractivity contribution in [2.24, 2.45) is 0 Å². The number of carbonyl (C=O) groups excluding carboxylic acids is 2. The number of amides is 1. The molecule has 0 aliphatic heterocycles. The number of aromatic nitrogens is 1. The molecule has 0 saturated carbocycles. The van der Waals surface area contributed by atoms with Crippen molar-refractivity contribution in [2.45, 2.75) is 26.9 Å². The van der Waals surface area contributed by atoms with Gasteiger partial charge in [0.05, 0.1) is 11.4 Å². The molecule has 0 aliphatic carbocycles.